The van der Waals surface area contributed by atoms with Crippen LogP contribution in [0.4, 0.5) is 0 Å². The largest absolute Gasteiger partial charge is 0.469 e. The minimum absolute atomic E-state index is 0.141. The lowest BCUT2D eigenvalue weighted by atomic mass is 10.1. The molecule has 0 aliphatic carbocycles. The summed E-state index contributed by atoms with van der Waals surface area (Å²) in [4.78, 5) is 22.7. The number of aromatic nitrogens is 2. The molecule has 1 aromatic carbocycles. The molecule has 0 spiro atoms. The minimum Gasteiger partial charge on any atom is -0.469 e. The van der Waals surface area contributed by atoms with E-state index in [0.29, 0.717) is 11.4 Å². The van der Waals surface area contributed by atoms with Crippen molar-refractivity contribution in [2.45, 2.75) is 6.42 Å². The van der Waals surface area contributed by atoms with Gasteiger partial charge in [-0.3, -0.25) is 14.7 Å². The molecule has 0 bridgehead atoms. The first kappa shape index (κ1) is 13.8. The molecule has 0 unspecified atom stereocenters. The van der Waals surface area contributed by atoms with Gasteiger partial charge >= 0.3 is 5.97 Å². The van der Waals surface area contributed by atoms with Crippen LogP contribution < -0.4 is 5.32 Å². The zero-order valence-corrected chi connectivity index (χ0v) is 11.1. The van der Waals surface area contributed by atoms with Crippen molar-refractivity contribution >= 4 is 11.9 Å². The van der Waals surface area contributed by atoms with E-state index in [0.717, 1.165) is 5.56 Å². The molecule has 2 aromatic rings. The van der Waals surface area contributed by atoms with Crippen LogP contribution in [0.2, 0.25) is 0 Å². The second-order valence-corrected chi connectivity index (χ2v) is 4.11. The van der Waals surface area contributed by atoms with Gasteiger partial charge in [-0.1, -0.05) is 30.3 Å². The van der Waals surface area contributed by atoms with Gasteiger partial charge in [0.25, 0.3) is 5.91 Å². The number of aromatic amines is 1. The van der Waals surface area contributed by atoms with Crippen molar-refractivity contribution in [3.8, 4) is 11.3 Å². The lowest BCUT2D eigenvalue weighted by Gasteiger charge is -2.01. The Morgan fingerprint density at radius 3 is 2.75 bits per heavy atom. The van der Waals surface area contributed by atoms with Gasteiger partial charge in [0.2, 0.25) is 0 Å². The van der Waals surface area contributed by atoms with Crippen LogP contribution in [0.3, 0.4) is 0 Å². The van der Waals surface area contributed by atoms with Gasteiger partial charge in [-0.25, -0.2) is 0 Å². The second-order valence-electron chi connectivity index (χ2n) is 4.11. The third-order valence-corrected chi connectivity index (χ3v) is 2.73. The number of methoxy groups -OCH3 is 1. The predicted octanol–water partition coefficient (Wildman–Crippen LogP) is 1.37. The molecule has 20 heavy (non-hydrogen) atoms. The quantitative estimate of drug-likeness (QED) is 0.806. The topological polar surface area (TPSA) is 84.1 Å². The summed E-state index contributed by atoms with van der Waals surface area (Å²) >= 11 is 0. The molecule has 2 N–H and O–H groups in total. The van der Waals surface area contributed by atoms with Crippen LogP contribution in [-0.2, 0) is 9.53 Å². The molecule has 2 rings (SSSR count). The van der Waals surface area contributed by atoms with Crippen LogP contribution in [0.5, 0.6) is 0 Å². The van der Waals surface area contributed by atoms with Crippen LogP contribution in [0.15, 0.2) is 36.4 Å². The summed E-state index contributed by atoms with van der Waals surface area (Å²) in [5.74, 6) is -0.663. The van der Waals surface area contributed by atoms with Crippen LogP contribution in [0.25, 0.3) is 11.3 Å². The van der Waals surface area contributed by atoms with Gasteiger partial charge in [-0.05, 0) is 6.07 Å². The predicted molar refractivity (Wildman–Crippen MR) is 73.0 cm³/mol. The van der Waals surface area contributed by atoms with E-state index in [1.807, 2.05) is 30.3 Å². The minimum atomic E-state index is -0.361. The Bertz CT molecular complexity index is 593. The molecule has 0 radical (unpaired) electrons. The highest BCUT2D eigenvalue weighted by atomic mass is 16.5. The molecule has 0 saturated carbocycles. The second kappa shape index (κ2) is 6.51. The highest BCUT2D eigenvalue weighted by molar-refractivity contribution is 5.93. The number of esters is 1. The fourth-order valence-electron chi connectivity index (χ4n) is 1.67. The number of nitrogens with one attached hydrogen (secondary N) is 2. The number of nitrogens with zero attached hydrogens (tertiary/aromatic N) is 1. The van der Waals surface area contributed by atoms with Crippen molar-refractivity contribution in [1.29, 1.82) is 0 Å². The molecule has 0 saturated heterocycles. The molecule has 0 fully saturated rings. The number of hydrogen-bond acceptors (Lipinski definition) is 4. The van der Waals surface area contributed by atoms with Crippen molar-refractivity contribution in [1.82, 2.24) is 15.5 Å². The van der Waals surface area contributed by atoms with E-state index in [2.05, 4.69) is 20.3 Å². The Morgan fingerprint density at radius 1 is 1.30 bits per heavy atom. The Morgan fingerprint density at radius 2 is 2.05 bits per heavy atom. The lowest BCUT2D eigenvalue weighted by molar-refractivity contribution is -0.140. The van der Waals surface area contributed by atoms with Gasteiger partial charge < -0.3 is 10.1 Å². The summed E-state index contributed by atoms with van der Waals surface area (Å²) in [6, 6.07) is 11.2. The number of H-pyrrole nitrogens is 1. The first-order valence-electron chi connectivity index (χ1n) is 6.16. The molecule has 1 amide bonds. The highest BCUT2D eigenvalue weighted by Crippen LogP contribution is 2.16. The zero-order valence-electron chi connectivity index (χ0n) is 11.1. The van der Waals surface area contributed by atoms with Crippen LogP contribution in [0, 0.1) is 0 Å². The Kier molecular flexibility index (Phi) is 4.49. The average molecular weight is 273 g/mol. The first-order chi connectivity index (χ1) is 9.70. The highest BCUT2D eigenvalue weighted by Gasteiger charge is 2.11. The SMILES string of the molecule is COC(=O)CCNC(=O)c1cc(-c2ccccc2)n[nH]1. The standard InChI is InChI=1S/C14H15N3O3/c1-20-13(18)7-8-15-14(19)12-9-11(16-17-12)10-5-3-2-4-6-10/h2-6,9H,7-8H2,1H3,(H,15,19)(H,16,17). The maximum Gasteiger partial charge on any atom is 0.307 e. The zero-order chi connectivity index (χ0) is 14.4. The van der Waals surface area contributed by atoms with Crippen molar-refractivity contribution in [2.75, 3.05) is 13.7 Å². The van der Waals surface area contributed by atoms with Crippen LogP contribution >= 0.6 is 0 Å². The summed E-state index contributed by atoms with van der Waals surface area (Å²) in [6.07, 6.45) is 0.141. The van der Waals surface area contributed by atoms with E-state index in [9.17, 15) is 9.59 Å². The van der Waals surface area contributed by atoms with Crippen molar-refractivity contribution in [3.63, 3.8) is 0 Å². The summed E-state index contributed by atoms with van der Waals surface area (Å²) in [6.45, 7) is 0.227. The number of amides is 1. The van der Waals surface area contributed by atoms with Gasteiger partial charge in [0.05, 0.1) is 19.2 Å². The summed E-state index contributed by atoms with van der Waals surface area (Å²) < 4.78 is 4.49. The Balaban J connectivity index is 1.95. The van der Waals surface area contributed by atoms with Crippen molar-refractivity contribution in [2.24, 2.45) is 0 Å². The molecule has 0 atom stereocenters. The van der Waals surface area contributed by atoms with E-state index in [1.54, 1.807) is 6.07 Å². The van der Waals surface area contributed by atoms with E-state index in [-0.39, 0.29) is 24.8 Å². The number of ether oxygens (including phenoxy) is 1. The molecular weight excluding hydrogens is 258 g/mol. The van der Waals surface area contributed by atoms with E-state index >= 15 is 0 Å². The molecule has 1 aromatic heterocycles. The molecule has 1 heterocycles. The van der Waals surface area contributed by atoms with E-state index < -0.39 is 0 Å². The smallest absolute Gasteiger partial charge is 0.307 e. The van der Waals surface area contributed by atoms with Gasteiger partial charge in [-0.15, -0.1) is 0 Å². The maximum absolute atomic E-state index is 11.8. The number of carbonyl (C=O) groups excluding carboxylic acids is 2. The maximum atomic E-state index is 11.8. The summed E-state index contributed by atoms with van der Waals surface area (Å²) in [5.41, 5.74) is 1.98. The van der Waals surface area contributed by atoms with Gasteiger partial charge in [0.1, 0.15) is 5.69 Å². The average Bonchev–Trinajstić information content (AvgIpc) is 2.97. The van der Waals surface area contributed by atoms with Gasteiger partial charge in [-0.2, -0.15) is 5.10 Å². The monoisotopic (exact) mass is 273 g/mol. The Hall–Kier alpha value is -2.63. The fourth-order valence-corrected chi connectivity index (χ4v) is 1.67. The molecule has 6 nitrogen and oxygen atoms in total. The van der Waals surface area contributed by atoms with Crippen LogP contribution in [-0.4, -0.2) is 35.7 Å². The van der Waals surface area contributed by atoms with Crippen molar-refractivity contribution < 1.29 is 14.3 Å². The fraction of sp³-hybridized carbons (Fsp3) is 0.214. The summed E-state index contributed by atoms with van der Waals surface area (Å²) in [7, 11) is 1.31. The summed E-state index contributed by atoms with van der Waals surface area (Å²) in [5, 5.41) is 9.39. The van der Waals surface area contributed by atoms with Gasteiger partial charge in [0, 0.05) is 12.1 Å². The number of rotatable bonds is 5. The Labute approximate surface area is 116 Å². The molecule has 0 aliphatic heterocycles. The molecule has 0 aliphatic rings. The van der Waals surface area contributed by atoms with Crippen LogP contribution in [0.1, 0.15) is 16.9 Å². The van der Waals surface area contributed by atoms with E-state index in [1.165, 1.54) is 7.11 Å². The number of hydrogen-bond donors (Lipinski definition) is 2. The van der Waals surface area contributed by atoms with Gasteiger partial charge in [0.15, 0.2) is 0 Å². The van der Waals surface area contributed by atoms with E-state index in [4.69, 9.17) is 0 Å². The molecule has 6 heteroatoms. The lowest BCUT2D eigenvalue weighted by Crippen LogP contribution is -2.26. The van der Waals surface area contributed by atoms with Crippen molar-refractivity contribution in [3.05, 3.63) is 42.1 Å². The molecule has 104 valence electrons. The molecular formula is C14H15N3O3. The third kappa shape index (κ3) is 3.44. The number of carbonyl (C=O) groups is 2. The normalized spacial score (nSPS) is 10.1. The third-order valence-electron chi connectivity index (χ3n) is 2.73. The number of benzene rings is 1. The first-order valence-corrected chi connectivity index (χ1v) is 6.16.